The van der Waals surface area contributed by atoms with Gasteiger partial charge >= 0.3 is 0 Å². The van der Waals surface area contributed by atoms with Gasteiger partial charge in [0.25, 0.3) is 5.91 Å². The normalized spacial score (nSPS) is 20.9. The first kappa shape index (κ1) is 17.3. The van der Waals surface area contributed by atoms with E-state index in [9.17, 15) is 9.59 Å². The molecule has 5 nitrogen and oxygen atoms in total. The fourth-order valence-electron chi connectivity index (χ4n) is 2.98. The van der Waals surface area contributed by atoms with Gasteiger partial charge in [0.05, 0.1) is 0 Å². The maximum absolute atomic E-state index is 12.7. The average molecular weight is 339 g/mol. The van der Waals surface area contributed by atoms with Gasteiger partial charge in [-0.2, -0.15) is 0 Å². The van der Waals surface area contributed by atoms with Crippen LogP contribution in [0.3, 0.4) is 0 Å². The molecule has 0 aliphatic carbocycles. The Morgan fingerprint density at radius 2 is 1.68 bits per heavy atom. The summed E-state index contributed by atoms with van der Waals surface area (Å²) in [5.74, 6) is -1.11. The van der Waals surface area contributed by atoms with Crippen LogP contribution in [0.5, 0.6) is 0 Å². The second-order valence-electron chi connectivity index (χ2n) is 5.82. The molecule has 0 radical (unpaired) electrons. The number of ether oxygens (including phenoxy) is 2. The maximum atomic E-state index is 12.7. The largest absolute Gasteiger partial charge is 0.353 e. The summed E-state index contributed by atoms with van der Waals surface area (Å²) >= 11 is 0. The van der Waals surface area contributed by atoms with Gasteiger partial charge in [0, 0.05) is 12.2 Å². The zero-order valence-corrected chi connectivity index (χ0v) is 14.3. The van der Waals surface area contributed by atoms with Crippen LogP contribution in [0, 0.1) is 0 Å². The van der Waals surface area contributed by atoms with E-state index in [0.717, 1.165) is 5.56 Å². The number of β-lactam (4-membered cyclic amide) rings is 1. The van der Waals surface area contributed by atoms with Crippen LogP contribution < -0.4 is 0 Å². The summed E-state index contributed by atoms with van der Waals surface area (Å²) in [6.45, 7) is 4.12. The zero-order chi connectivity index (χ0) is 17.8. The Bertz CT molecular complexity index is 732. The Hall–Kier alpha value is -2.50. The summed E-state index contributed by atoms with van der Waals surface area (Å²) in [5, 5.41) is 0. The van der Waals surface area contributed by atoms with E-state index in [2.05, 4.69) is 0 Å². The smallest absolute Gasteiger partial charge is 0.262 e. The lowest BCUT2D eigenvalue weighted by Gasteiger charge is -2.46. The van der Waals surface area contributed by atoms with Gasteiger partial charge in [-0.3, -0.25) is 9.59 Å². The van der Waals surface area contributed by atoms with Gasteiger partial charge in [-0.25, -0.2) is 4.90 Å². The van der Waals surface area contributed by atoms with E-state index in [4.69, 9.17) is 9.47 Å². The Balaban J connectivity index is 1.86. The molecule has 1 aliphatic heterocycles. The molecule has 5 heteroatoms. The zero-order valence-electron chi connectivity index (χ0n) is 14.3. The number of rotatable bonds is 6. The van der Waals surface area contributed by atoms with Gasteiger partial charge in [-0.15, -0.1) is 0 Å². The minimum absolute atomic E-state index is 0.256. The molecule has 3 rings (SSSR count). The molecule has 1 aliphatic rings. The van der Waals surface area contributed by atoms with Crippen LogP contribution in [0.2, 0.25) is 0 Å². The average Bonchev–Trinajstić information content (AvgIpc) is 2.63. The van der Waals surface area contributed by atoms with Gasteiger partial charge in [0.2, 0.25) is 5.91 Å². The summed E-state index contributed by atoms with van der Waals surface area (Å²) in [6.07, 6.45) is -1.19. The number of nitrogens with zero attached hydrogens (tertiary/aromatic N) is 1. The second-order valence-corrected chi connectivity index (χ2v) is 5.82. The first-order chi connectivity index (χ1) is 12.1. The summed E-state index contributed by atoms with van der Waals surface area (Å²) in [4.78, 5) is 26.6. The van der Waals surface area contributed by atoms with Crippen LogP contribution in [-0.2, 0) is 14.3 Å². The molecule has 2 amide bonds. The number of hydrogen-bond donors (Lipinski definition) is 0. The lowest BCUT2D eigenvalue weighted by molar-refractivity contribution is -0.221. The van der Waals surface area contributed by atoms with Crippen LogP contribution in [-0.4, -0.2) is 35.8 Å². The Labute approximate surface area is 147 Å². The third-order valence-corrected chi connectivity index (χ3v) is 4.17. The predicted molar refractivity (Wildman–Crippen MR) is 92.8 cm³/mol. The molecule has 3 unspecified atom stereocenters. The van der Waals surface area contributed by atoms with Crippen LogP contribution >= 0.6 is 0 Å². The third kappa shape index (κ3) is 3.48. The number of carbonyl (C=O) groups excluding carboxylic acids is 2. The van der Waals surface area contributed by atoms with Crippen molar-refractivity contribution in [2.45, 2.75) is 32.3 Å². The molecule has 25 heavy (non-hydrogen) atoms. The van der Waals surface area contributed by atoms with E-state index in [1.165, 1.54) is 4.90 Å². The fraction of sp³-hybridized carbons (Fsp3) is 0.300. The lowest BCUT2D eigenvalue weighted by atomic mass is 9.87. The van der Waals surface area contributed by atoms with Gasteiger partial charge in [-0.1, -0.05) is 48.5 Å². The van der Waals surface area contributed by atoms with Crippen LogP contribution in [0.1, 0.15) is 35.7 Å². The van der Waals surface area contributed by atoms with Crippen molar-refractivity contribution >= 4 is 11.8 Å². The summed E-state index contributed by atoms with van der Waals surface area (Å²) in [5.41, 5.74) is 1.29. The molecule has 2 aromatic carbocycles. The molecule has 0 saturated carbocycles. The molecule has 1 saturated heterocycles. The second kappa shape index (κ2) is 7.59. The van der Waals surface area contributed by atoms with Crippen molar-refractivity contribution in [1.82, 2.24) is 4.90 Å². The summed E-state index contributed by atoms with van der Waals surface area (Å²) in [7, 11) is 0. The SMILES string of the molecule is CCOC(C)OC1C(c2ccccc2)C(=O)N1C(=O)c1ccccc1. The van der Waals surface area contributed by atoms with Gasteiger partial charge in [-0.05, 0) is 31.5 Å². The molecule has 130 valence electrons. The molecule has 1 fully saturated rings. The van der Waals surface area contributed by atoms with E-state index in [1.807, 2.05) is 43.3 Å². The van der Waals surface area contributed by atoms with Crippen molar-refractivity contribution in [2.24, 2.45) is 0 Å². The van der Waals surface area contributed by atoms with Crippen LogP contribution in [0.25, 0.3) is 0 Å². The Morgan fingerprint density at radius 3 is 2.28 bits per heavy atom. The minimum atomic E-state index is -0.677. The number of benzene rings is 2. The molecule has 3 atom stereocenters. The third-order valence-electron chi connectivity index (χ3n) is 4.17. The number of carbonyl (C=O) groups is 2. The highest BCUT2D eigenvalue weighted by Crippen LogP contribution is 2.38. The van der Waals surface area contributed by atoms with Crippen molar-refractivity contribution in [3.63, 3.8) is 0 Å². The van der Waals surface area contributed by atoms with Gasteiger partial charge < -0.3 is 9.47 Å². The van der Waals surface area contributed by atoms with Crippen LogP contribution in [0.15, 0.2) is 60.7 Å². The molecule has 2 aromatic rings. The first-order valence-corrected chi connectivity index (χ1v) is 8.38. The van der Waals surface area contributed by atoms with Crippen molar-refractivity contribution in [1.29, 1.82) is 0 Å². The van der Waals surface area contributed by atoms with E-state index < -0.39 is 18.4 Å². The standard InChI is InChI=1S/C20H21NO4/c1-3-24-14(2)25-20-17(15-10-6-4-7-11-15)19(23)21(20)18(22)16-12-8-5-9-13-16/h4-14,17,20H,3H2,1-2H3. The maximum Gasteiger partial charge on any atom is 0.262 e. The molecule has 1 heterocycles. The number of imide groups is 1. The molecular formula is C20H21NO4. The topological polar surface area (TPSA) is 55.8 Å². The van der Waals surface area contributed by atoms with E-state index >= 15 is 0 Å². The Kier molecular flexibility index (Phi) is 5.26. The quantitative estimate of drug-likeness (QED) is 0.461. The van der Waals surface area contributed by atoms with E-state index in [0.29, 0.717) is 12.2 Å². The Morgan fingerprint density at radius 1 is 1.08 bits per heavy atom. The number of likely N-dealkylation sites (tertiary alicyclic amines) is 1. The van der Waals surface area contributed by atoms with E-state index in [-0.39, 0.29) is 11.8 Å². The van der Waals surface area contributed by atoms with Crippen molar-refractivity contribution in [3.8, 4) is 0 Å². The molecular weight excluding hydrogens is 318 g/mol. The predicted octanol–water partition coefficient (Wildman–Crippen LogP) is 3.18. The fourth-order valence-corrected chi connectivity index (χ4v) is 2.98. The monoisotopic (exact) mass is 339 g/mol. The lowest BCUT2D eigenvalue weighted by Crippen LogP contribution is -2.63. The molecule has 0 bridgehead atoms. The van der Waals surface area contributed by atoms with Gasteiger partial charge in [0.15, 0.2) is 12.5 Å². The minimum Gasteiger partial charge on any atom is -0.353 e. The number of hydrogen-bond acceptors (Lipinski definition) is 4. The number of amides is 2. The highest BCUT2D eigenvalue weighted by molar-refractivity contribution is 6.10. The highest BCUT2D eigenvalue weighted by atomic mass is 16.7. The molecule has 0 aromatic heterocycles. The van der Waals surface area contributed by atoms with E-state index in [1.54, 1.807) is 31.2 Å². The van der Waals surface area contributed by atoms with Gasteiger partial charge in [0.1, 0.15) is 5.92 Å². The van der Waals surface area contributed by atoms with Crippen molar-refractivity contribution in [2.75, 3.05) is 6.61 Å². The highest BCUT2D eigenvalue weighted by Gasteiger charge is 2.53. The molecule has 0 spiro atoms. The molecule has 0 N–H and O–H groups in total. The van der Waals surface area contributed by atoms with Crippen LogP contribution in [0.4, 0.5) is 0 Å². The van der Waals surface area contributed by atoms with Crippen molar-refractivity contribution in [3.05, 3.63) is 71.8 Å². The summed E-state index contributed by atoms with van der Waals surface area (Å²) < 4.78 is 11.3. The first-order valence-electron chi connectivity index (χ1n) is 8.38. The summed E-state index contributed by atoms with van der Waals surface area (Å²) in [6, 6.07) is 18.1. The van der Waals surface area contributed by atoms with Crippen molar-refractivity contribution < 1.29 is 19.1 Å².